The number of hydrogen-bond donors (Lipinski definition) is 0. The topological polar surface area (TPSA) is 11.4 Å². The van der Waals surface area contributed by atoms with Gasteiger partial charge in [-0.25, -0.2) is 0 Å². The molecular formula is C20H28BrN3. The van der Waals surface area contributed by atoms with Crippen LogP contribution in [0.5, 0.6) is 0 Å². The van der Waals surface area contributed by atoms with Crippen LogP contribution in [0.1, 0.15) is 32.1 Å². The third-order valence-electron chi connectivity index (χ3n) is 5.89. The van der Waals surface area contributed by atoms with Gasteiger partial charge in [0, 0.05) is 61.5 Å². The molecule has 0 amide bonds. The van der Waals surface area contributed by atoms with Crippen molar-refractivity contribution in [1.82, 2.24) is 14.4 Å². The lowest BCUT2D eigenvalue weighted by Crippen LogP contribution is -2.51. The van der Waals surface area contributed by atoms with E-state index >= 15 is 0 Å². The summed E-state index contributed by atoms with van der Waals surface area (Å²) in [6.07, 6.45) is 9.45. The number of aromatic nitrogens is 1. The zero-order valence-electron chi connectivity index (χ0n) is 14.5. The van der Waals surface area contributed by atoms with Crippen molar-refractivity contribution in [2.45, 2.75) is 44.7 Å². The van der Waals surface area contributed by atoms with Gasteiger partial charge >= 0.3 is 0 Å². The molecule has 0 N–H and O–H groups in total. The van der Waals surface area contributed by atoms with Crippen LogP contribution in [0.25, 0.3) is 10.9 Å². The predicted molar refractivity (Wildman–Crippen MR) is 105 cm³/mol. The monoisotopic (exact) mass is 389 g/mol. The minimum absolute atomic E-state index is 0.881. The molecule has 0 radical (unpaired) electrons. The Hall–Kier alpha value is -0.840. The molecule has 0 bridgehead atoms. The Bertz CT molecular complexity index is 667. The van der Waals surface area contributed by atoms with E-state index in [0.29, 0.717) is 0 Å². The van der Waals surface area contributed by atoms with Gasteiger partial charge in [-0.3, -0.25) is 9.80 Å². The van der Waals surface area contributed by atoms with Gasteiger partial charge in [-0.15, -0.1) is 0 Å². The highest BCUT2D eigenvalue weighted by Gasteiger charge is 2.24. The van der Waals surface area contributed by atoms with E-state index in [0.717, 1.165) is 23.6 Å². The molecule has 1 saturated carbocycles. The van der Waals surface area contributed by atoms with Crippen LogP contribution in [0.4, 0.5) is 0 Å². The lowest BCUT2D eigenvalue weighted by molar-refractivity contribution is 0.0775. The maximum Gasteiger partial charge on any atom is 0.0492 e. The lowest BCUT2D eigenvalue weighted by Gasteiger charge is -2.40. The van der Waals surface area contributed by atoms with E-state index in [4.69, 9.17) is 0 Å². The first-order valence-electron chi connectivity index (χ1n) is 9.50. The molecular weight excluding hydrogens is 362 g/mol. The summed E-state index contributed by atoms with van der Waals surface area (Å²) in [5.74, 6) is 0. The minimum atomic E-state index is 0.881. The van der Waals surface area contributed by atoms with Crippen molar-refractivity contribution < 1.29 is 0 Å². The molecule has 2 fully saturated rings. The summed E-state index contributed by atoms with van der Waals surface area (Å²) in [6, 6.07) is 9.65. The van der Waals surface area contributed by atoms with Gasteiger partial charge in [0.05, 0.1) is 0 Å². The van der Waals surface area contributed by atoms with Crippen LogP contribution in [0.15, 0.2) is 34.9 Å². The molecule has 2 aromatic rings. The third-order valence-corrected chi connectivity index (χ3v) is 6.38. The fourth-order valence-corrected chi connectivity index (χ4v) is 4.75. The largest absolute Gasteiger partial charge is 0.346 e. The number of benzene rings is 1. The van der Waals surface area contributed by atoms with Crippen molar-refractivity contribution in [1.29, 1.82) is 0 Å². The van der Waals surface area contributed by atoms with Crippen LogP contribution in [0, 0.1) is 0 Å². The van der Waals surface area contributed by atoms with Crippen LogP contribution < -0.4 is 0 Å². The number of halogens is 1. The smallest absolute Gasteiger partial charge is 0.0492 e. The van der Waals surface area contributed by atoms with Crippen molar-refractivity contribution >= 4 is 26.8 Å². The fraction of sp³-hybridized carbons (Fsp3) is 0.600. The van der Waals surface area contributed by atoms with Gasteiger partial charge in [0.2, 0.25) is 0 Å². The van der Waals surface area contributed by atoms with E-state index in [9.17, 15) is 0 Å². The van der Waals surface area contributed by atoms with E-state index in [1.165, 1.54) is 69.2 Å². The van der Waals surface area contributed by atoms with Crippen LogP contribution >= 0.6 is 15.9 Å². The number of fused-ring (bicyclic) bond motifs is 1. The maximum atomic E-state index is 3.59. The van der Waals surface area contributed by atoms with E-state index in [1.54, 1.807) is 0 Å². The van der Waals surface area contributed by atoms with Crippen molar-refractivity contribution in [2.75, 3.05) is 32.7 Å². The zero-order valence-corrected chi connectivity index (χ0v) is 16.0. The molecule has 130 valence electrons. The normalized spacial score (nSPS) is 21.5. The number of nitrogens with zero attached hydrogens (tertiary/aromatic N) is 3. The maximum absolute atomic E-state index is 3.59. The van der Waals surface area contributed by atoms with Crippen LogP contribution in [0.3, 0.4) is 0 Å². The molecule has 1 aromatic carbocycles. The molecule has 2 aliphatic rings. The molecule has 4 rings (SSSR count). The molecule has 0 spiro atoms. The van der Waals surface area contributed by atoms with E-state index in [1.807, 2.05) is 0 Å². The average molecular weight is 390 g/mol. The third kappa shape index (κ3) is 3.71. The Balaban J connectivity index is 1.30. The number of rotatable bonds is 4. The molecule has 1 saturated heterocycles. The number of hydrogen-bond acceptors (Lipinski definition) is 2. The average Bonchev–Trinajstić information content (AvgIpc) is 3.03. The minimum Gasteiger partial charge on any atom is -0.346 e. The van der Waals surface area contributed by atoms with E-state index < -0.39 is 0 Å². The Morgan fingerprint density at radius 2 is 1.71 bits per heavy atom. The van der Waals surface area contributed by atoms with Gasteiger partial charge in [-0.05, 0) is 36.4 Å². The Morgan fingerprint density at radius 1 is 0.917 bits per heavy atom. The van der Waals surface area contributed by atoms with Gasteiger partial charge in [0.15, 0.2) is 0 Å². The Kier molecular flexibility index (Phi) is 5.25. The van der Waals surface area contributed by atoms with Crippen LogP contribution in [0.2, 0.25) is 0 Å². The number of piperazine rings is 1. The molecule has 24 heavy (non-hydrogen) atoms. The highest BCUT2D eigenvalue weighted by molar-refractivity contribution is 9.10. The highest BCUT2D eigenvalue weighted by atomic mass is 79.9. The summed E-state index contributed by atoms with van der Waals surface area (Å²) in [4.78, 5) is 5.40. The first-order chi connectivity index (χ1) is 11.8. The summed E-state index contributed by atoms with van der Waals surface area (Å²) in [7, 11) is 0. The molecule has 3 nitrogen and oxygen atoms in total. The fourth-order valence-electron chi connectivity index (χ4n) is 4.40. The molecule has 0 unspecified atom stereocenters. The summed E-state index contributed by atoms with van der Waals surface area (Å²) in [6.45, 7) is 7.25. The van der Waals surface area contributed by atoms with E-state index in [2.05, 4.69) is 60.8 Å². The Labute approximate surface area is 153 Å². The summed E-state index contributed by atoms with van der Waals surface area (Å²) >= 11 is 3.59. The second-order valence-electron chi connectivity index (χ2n) is 7.38. The second kappa shape index (κ2) is 7.59. The van der Waals surface area contributed by atoms with Crippen LogP contribution in [-0.4, -0.2) is 53.1 Å². The molecule has 2 heterocycles. The summed E-state index contributed by atoms with van der Waals surface area (Å²) < 4.78 is 3.56. The van der Waals surface area contributed by atoms with Crippen LogP contribution in [-0.2, 0) is 6.54 Å². The molecule has 0 atom stereocenters. The molecule has 4 heteroatoms. The molecule has 1 aliphatic heterocycles. The van der Waals surface area contributed by atoms with Gasteiger partial charge in [0.25, 0.3) is 0 Å². The summed E-state index contributed by atoms with van der Waals surface area (Å²) in [5, 5.41) is 1.33. The van der Waals surface area contributed by atoms with Crippen molar-refractivity contribution in [2.24, 2.45) is 0 Å². The van der Waals surface area contributed by atoms with Crippen molar-refractivity contribution in [3.63, 3.8) is 0 Å². The molecule has 1 aliphatic carbocycles. The predicted octanol–water partition coefficient (Wildman–Crippen LogP) is 4.35. The van der Waals surface area contributed by atoms with Gasteiger partial charge in [0.1, 0.15) is 0 Å². The first kappa shape index (κ1) is 16.6. The Morgan fingerprint density at radius 3 is 2.50 bits per heavy atom. The molecule has 1 aromatic heterocycles. The quantitative estimate of drug-likeness (QED) is 0.769. The second-order valence-corrected chi connectivity index (χ2v) is 8.30. The zero-order chi connectivity index (χ0) is 16.4. The van der Waals surface area contributed by atoms with Gasteiger partial charge in [-0.1, -0.05) is 41.3 Å². The summed E-state index contributed by atoms with van der Waals surface area (Å²) in [5.41, 5.74) is 1.34. The highest BCUT2D eigenvalue weighted by Crippen LogP contribution is 2.24. The van der Waals surface area contributed by atoms with Gasteiger partial charge in [-0.2, -0.15) is 0 Å². The van der Waals surface area contributed by atoms with Crippen molar-refractivity contribution in [3.05, 3.63) is 34.9 Å². The first-order valence-corrected chi connectivity index (χ1v) is 10.3. The van der Waals surface area contributed by atoms with Crippen molar-refractivity contribution in [3.8, 4) is 0 Å². The standard InChI is InChI=1S/C20H28BrN3/c21-18-7-6-17-8-9-24(20(17)16-18)15-12-22-10-13-23(14-11-22)19-4-2-1-3-5-19/h6-9,16,19H,1-5,10-15H2. The lowest BCUT2D eigenvalue weighted by atomic mass is 9.94. The van der Waals surface area contributed by atoms with E-state index in [-0.39, 0.29) is 0 Å². The van der Waals surface area contributed by atoms with Gasteiger partial charge < -0.3 is 4.57 Å². The SMILES string of the molecule is Brc1ccc2ccn(CCN3CCN(C4CCCCC4)CC3)c2c1.